The molecule has 3 aromatic carbocycles. The largest absolute Gasteiger partial charge is 0.489 e. The van der Waals surface area contributed by atoms with Gasteiger partial charge in [-0.15, -0.1) is 0 Å². The SMILES string of the molecule is CC(C)Oc1ccccc1NC(=O)CNc1ccc(OCc2ccccc2)cc1. The first kappa shape index (κ1) is 20.3. The van der Waals surface area contributed by atoms with Crippen molar-refractivity contribution in [3.8, 4) is 11.5 Å². The van der Waals surface area contributed by atoms with Crippen LogP contribution in [0.15, 0.2) is 78.9 Å². The van der Waals surface area contributed by atoms with Crippen LogP contribution in [0.25, 0.3) is 0 Å². The van der Waals surface area contributed by atoms with E-state index in [-0.39, 0.29) is 18.6 Å². The van der Waals surface area contributed by atoms with Crippen LogP contribution in [-0.4, -0.2) is 18.6 Å². The summed E-state index contributed by atoms with van der Waals surface area (Å²) >= 11 is 0. The van der Waals surface area contributed by atoms with Crippen molar-refractivity contribution in [2.45, 2.75) is 26.6 Å². The first-order valence-electron chi connectivity index (χ1n) is 9.66. The molecule has 29 heavy (non-hydrogen) atoms. The van der Waals surface area contributed by atoms with E-state index in [9.17, 15) is 4.79 Å². The molecule has 0 radical (unpaired) electrons. The molecule has 0 spiro atoms. The predicted molar refractivity (Wildman–Crippen MR) is 117 cm³/mol. The predicted octanol–water partition coefficient (Wildman–Crippen LogP) is 5.10. The summed E-state index contributed by atoms with van der Waals surface area (Å²) in [4.78, 5) is 12.3. The van der Waals surface area contributed by atoms with Gasteiger partial charge in [-0.25, -0.2) is 0 Å². The summed E-state index contributed by atoms with van der Waals surface area (Å²) in [6.07, 6.45) is 0.0359. The lowest BCUT2D eigenvalue weighted by atomic mass is 10.2. The number of rotatable bonds is 9. The van der Waals surface area contributed by atoms with E-state index in [1.165, 1.54) is 0 Å². The van der Waals surface area contributed by atoms with Crippen molar-refractivity contribution in [3.05, 3.63) is 84.4 Å². The summed E-state index contributed by atoms with van der Waals surface area (Å²) in [7, 11) is 0. The van der Waals surface area contributed by atoms with Crippen molar-refractivity contribution in [3.63, 3.8) is 0 Å². The Hall–Kier alpha value is -3.47. The number of carbonyl (C=O) groups is 1. The molecule has 0 aromatic heterocycles. The number of para-hydroxylation sites is 2. The minimum absolute atomic E-state index is 0.0359. The fourth-order valence-electron chi connectivity index (χ4n) is 2.71. The zero-order chi connectivity index (χ0) is 20.5. The summed E-state index contributed by atoms with van der Waals surface area (Å²) in [6, 6.07) is 25.0. The zero-order valence-electron chi connectivity index (χ0n) is 16.7. The van der Waals surface area contributed by atoms with E-state index in [1.807, 2.05) is 92.7 Å². The Bertz CT molecular complexity index is 909. The van der Waals surface area contributed by atoms with Gasteiger partial charge in [0.2, 0.25) is 5.91 Å². The van der Waals surface area contributed by atoms with Crippen molar-refractivity contribution in [2.24, 2.45) is 0 Å². The van der Waals surface area contributed by atoms with Crippen LogP contribution in [0, 0.1) is 0 Å². The van der Waals surface area contributed by atoms with E-state index < -0.39 is 0 Å². The molecule has 3 aromatic rings. The number of carbonyl (C=O) groups excluding carboxylic acids is 1. The van der Waals surface area contributed by atoms with Crippen molar-refractivity contribution in [1.82, 2.24) is 0 Å². The van der Waals surface area contributed by atoms with Gasteiger partial charge in [0.1, 0.15) is 18.1 Å². The second kappa shape index (κ2) is 10.2. The van der Waals surface area contributed by atoms with E-state index >= 15 is 0 Å². The van der Waals surface area contributed by atoms with Crippen molar-refractivity contribution in [1.29, 1.82) is 0 Å². The van der Waals surface area contributed by atoms with Crippen molar-refractivity contribution < 1.29 is 14.3 Å². The minimum Gasteiger partial charge on any atom is -0.489 e. The summed E-state index contributed by atoms with van der Waals surface area (Å²) in [6.45, 7) is 4.58. The molecular formula is C24H26N2O3. The molecule has 0 saturated carbocycles. The Labute approximate surface area is 171 Å². The second-order valence-corrected chi connectivity index (χ2v) is 6.86. The first-order chi connectivity index (χ1) is 14.1. The molecule has 5 nitrogen and oxygen atoms in total. The van der Waals surface area contributed by atoms with Gasteiger partial charge in [0, 0.05) is 5.69 Å². The minimum atomic E-state index is -0.144. The van der Waals surface area contributed by atoms with Gasteiger partial charge in [-0.05, 0) is 55.8 Å². The maximum atomic E-state index is 12.3. The Balaban J connectivity index is 1.48. The van der Waals surface area contributed by atoms with Crippen LogP contribution in [0.5, 0.6) is 11.5 Å². The molecule has 0 aliphatic rings. The molecule has 0 heterocycles. The Morgan fingerprint density at radius 2 is 1.59 bits per heavy atom. The van der Waals surface area contributed by atoms with Gasteiger partial charge < -0.3 is 20.1 Å². The molecule has 0 unspecified atom stereocenters. The summed E-state index contributed by atoms with van der Waals surface area (Å²) in [5.74, 6) is 1.30. The third-order valence-electron chi connectivity index (χ3n) is 4.08. The van der Waals surface area contributed by atoms with Gasteiger partial charge in [-0.2, -0.15) is 0 Å². The molecule has 0 atom stereocenters. The fourth-order valence-corrected chi connectivity index (χ4v) is 2.71. The molecule has 5 heteroatoms. The van der Waals surface area contributed by atoms with E-state index in [1.54, 1.807) is 0 Å². The number of benzene rings is 3. The van der Waals surface area contributed by atoms with Crippen molar-refractivity contribution in [2.75, 3.05) is 17.2 Å². The monoisotopic (exact) mass is 390 g/mol. The normalized spacial score (nSPS) is 10.4. The van der Waals surface area contributed by atoms with Gasteiger partial charge in [0.25, 0.3) is 0 Å². The third kappa shape index (κ3) is 6.57. The van der Waals surface area contributed by atoms with Crippen LogP contribution in [0.3, 0.4) is 0 Å². The van der Waals surface area contributed by atoms with Crippen LogP contribution in [-0.2, 0) is 11.4 Å². The van der Waals surface area contributed by atoms with Gasteiger partial charge >= 0.3 is 0 Å². The molecule has 150 valence electrons. The highest BCUT2D eigenvalue weighted by Gasteiger charge is 2.08. The summed E-state index contributed by atoms with van der Waals surface area (Å²) < 4.78 is 11.5. The molecule has 0 bridgehead atoms. The fraction of sp³-hybridized carbons (Fsp3) is 0.208. The lowest BCUT2D eigenvalue weighted by Gasteiger charge is -2.15. The highest BCUT2D eigenvalue weighted by atomic mass is 16.5. The maximum Gasteiger partial charge on any atom is 0.243 e. The Morgan fingerprint density at radius 1 is 0.897 bits per heavy atom. The zero-order valence-corrected chi connectivity index (χ0v) is 16.7. The van der Waals surface area contributed by atoms with E-state index in [0.29, 0.717) is 18.0 Å². The molecule has 0 aliphatic heterocycles. The Kier molecular flexibility index (Phi) is 7.11. The molecular weight excluding hydrogens is 364 g/mol. The van der Waals surface area contributed by atoms with E-state index in [2.05, 4.69) is 10.6 Å². The highest BCUT2D eigenvalue weighted by molar-refractivity contribution is 5.95. The number of anilines is 2. The van der Waals surface area contributed by atoms with Gasteiger partial charge in [0.15, 0.2) is 0 Å². The smallest absolute Gasteiger partial charge is 0.243 e. The average molecular weight is 390 g/mol. The van der Waals surface area contributed by atoms with E-state index in [4.69, 9.17) is 9.47 Å². The summed E-state index contributed by atoms with van der Waals surface area (Å²) in [5.41, 5.74) is 2.63. The van der Waals surface area contributed by atoms with Crippen molar-refractivity contribution >= 4 is 17.3 Å². The van der Waals surface area contributed by atoms with Crippen LogP contribution in [0.4, 0.5) is 11.4 Å². The molecule has 2 N–H and O–H groups in total. The third-order valence-corrected chi connectivity index (χ3v) is 4.08. The number of hydrogen-bond donors (Lipinski definition) is 2. The molecule has 0 fully saturated rings. The van der Waals surface area contributed by atoms with Crippen LogP contribution < -0.4 is 20.1 Å². The number of nitrogens with one attached hydrogen (secondary N) is 2. The van der Waals surface area contributed by atoms with E-state index in [0.717, 1.165) is 17.0 Å². The summed E-state index contributed by atoms with van der Waals surface area (Å²) in [5, 5.41) is 6.00. The maximum absolute atomic E-state index is 12.3. The molecule has 0 saturated heterocycles. The topological polar surface area (TPSA) is 59.6 Å². The average Bonchev–Trinajstić information content (AvgIpc) is 2.73. The highest BCUT2D eigenvalue weighted by Crippen LogP contribution is 2.24. The molecule has 3 rings (SSSR count). The first-order valence-corrected chi connectivity index (χ1v) is 9.66. The lowest BCUT2D eigenvalue weighted by Crippen LogP contribution is -2.22. The number of hydrogen-bond acceptors (Lipinski definition) is 4. The second-order valence-electron chi connectivity index (χ2n) is 6.86. The van der Waals surface area contributed by atoms with Crippen LogP contribution >= 0.6 is 0 Å². The van der Waals surface area contributed by atoms with Gasteiger partial charge in [0.05, 0.1) is 18.3 Å². The molecule has 1 amide bonds. The van der Waals surface area contributed by atoms with Crippen LogP contribution in [0.1, 0.15) is 19.4 Å². The van der Waals surface area contributed by atoms with Gasteiger partial charge in [-0.3, -0.25) is 4.79 Å². The number of amides is 1. The van der Waals surface area contributed by atoms with Crippen LogP contribution in [0.2, 0.25) is 0 Å². The molecule has 0 aliphatic carbocycles. The number of ether oxygens (including phenoxy) is 2. The standard InChI is InChI=1S/C24H26N2O3/c1-18(2)29-23-11-7-6-10-22(23)26-24(27)16-25-20-12-14-21(15-13-20)28-17-19-8-4-3-5-9-19/h3-15,18,25H,16-17H2,1-2H3,(H,26,27). The Morgan fingerprint density at radius 3 is 2.31 bits per heavy atom. The quantitative estimate of drug-likeness (QED) is 0.533. The van der Waals surface area contributed by atoms with Gasteiger partial charge in [-0.1, -0.05) is 42.5 Å². The lowest BCUT2D eigenvalue weighted by molar-refractivity contribution is -0.114.